The molecule has 1 N–H and O–H groups in total. The van der Waals surface area contributed by atoms with Gasteiger partial charge < -0.3 is 9.66 Å². The quantitative estimate of drug-likeness (QED) is 0.337. The molecule has 0 saturated carbocycles. The summed E-state index contributed by atoms with van der Waals surface area (Å²) in [6.45, 7) is 3.68. The monoisotopic (exact) mass is 290 g/mol. The molecule has 0 radical (unpaired) electrons. The third-order valence-electron chi connectivity index (χ3n) is 2.69. The fraction of sp³-hybridized carbons (Fsp3) is 1.00. The van der Waals surface area contributed by atoms with Crippen molar-refractivity contribution in [2.45, 2.75) is 70.1 Å². The maximum Gasteiger partial charge on any atom is 1.00 e. The molecule has 4 nitrogen and oxygen atoms in total. The van der Waals surface area contributed by atoms with Gasteiger partial charge >= 0.3 is 51.4 Å². The van der Waals surface area contributed by atoms with Crippen molar-refractivity contribution in [3.8, 4) is 0 Å². The predicted octanol–water partition coefficient (Wildman–Crippen LogP) is -0.964. The van der Waals surface area contributed by atoms with E-state index in [-0.39, 0.29) is 57.8 Å². The summed E-state index contributed by atoms with van der Waals surface area (Å²) in [5.41, 5.74) is 0. The molecule has 0 fully saturated rings. The summed E-state index contributed by atoms with van der Waals surface area (Å²) in [6, 6.07) is 0. The van der Waals surface area contributed by atoms with Crippen LogP contribution in [0.25, 0.3) is 0 Å². The number of aliphatic hydroxyl groups is 1. The van der Waals surface area contributed by atoms with Gasteiger partial charge in [-0.1, -0.05) is 32.6 Å². The van der Waals surface area contributed by atoms with Crippen LogP contribution in [0, 0.1) is 0 Å². The molecule has 98 valence electrons. The Kier molecular flexibility index (Phi) is 13.9. The number of aliphatic hydroxyl groups excluding tert-OH is 1. The van der Waals surface area contributed by atoms with Crippen molar-refractivity contribution < 1.29 is 69.5 Å². The second-order valence-electron chi connectivity index (χ2n) is 4.39. The van der Waals surface area contributed by atoms with Crippen molar-refractivity contribution in [1.29, 1.82) is 0 Å². The standard InChI is InChI=1S/C11H24O4S.K/c1-3-4-5-6-7-11(16(13,14)15)9-8-10(2)12;/h10-12H,3-9H2,1-2H3,(H,13,14,15);/q;+1/p-1. The molecule has 0 aromatic carbocycles. The zero-order valence-electron chi connectivity index (χ0n) is 11.2. The normalized spacial score (nSPS) is 15.1. The van der Waals surface area contributed by atoms with Crippen molar-refractivity contribution in [2.75, 3.05) is 0 Å². The summed E-state index contributed by atoms with van der Waals surface area (Å²) >= 11 is 0. The average Bonchev–Trinajstić information content (AvgIpc) is 2.14. The molecule has 6 heteroatoms. The molecule has 0 aliphatic heterocycles. The van der Waals surface area contributed by atoms with E-state index < -0.39 is 21.5 Å². The van der Waals surface area contributed by atoms with Gasteiger partial charge in [-0.2, -0.15) is 0 Å². The zero-order valence-corrected chi connectivity index (χ0v) is 15.1. The SMILES string of the molecule is CCCCCCC(CCC(C)O)S(=O)(=O)[O-].[K+]. The Labute approximate surface area is 148 Å². The number of hydrogen-bond acceptors (Lipinski definition) is 4. The van der Waals surface area contributed by atoms with Crippen LogP contribution in [0.4, 0.5) is 0 Å². The molecule has 0 spiro atoms. The molecule has 17 heavy (non-hydrogen) atoms. The molecular weight excluding hydrogens is 267 g/mol. The van der Waals surface area contributed by atoms with E-state index in [1.807, 2.05) is 0 Å². The fourth-order valence-electron chi connectivity index (χ4n) is 1.66. The van der Waals surface area contributed by atoms with Crippen LogP contribution < -0.4 is 51.4 Å². The summed E-state index contributed by atoms with van der Waals surface area (Å²) in [7, 11) is -4.21. The molecular formula is C11H23KO4S. The van der Waals surface area contributed by atoms with Gasteiger partial charge in [-0.3, -0.25) is 0 Å². The van der Waals surface area contributed by atoms with Crippen molar-refractivity contribution in [3.05, 3.63) is 0 Å². The molecule has 0 bridgehead atoms. The van der Waals surface area contributed by atoms with E-state index in [0.717, 1.165) is 25.7 Å². The van der Waals surface area contributed by atoms with Crippen LogP contribution in [0.5, 0.6) is 0 Å². The number of hydrogen-bond donors (Lipinski definition) is 1. The zero-order chi connectivity index (χ0) is 12.6. The summed E-state index contributed by atoms with van der Waals surface area (Å²) < 4.78 is 32.9. The van der Waals surface area contributed by atoms with Gasteiger partial charge in [0.15, 0.2) is 0 Å². The van der Waals surface area contributed by atoms with Crippen LogP contribution in [-0.4, -0.2) is 29.4 Å². The molecule has 2 unspecified atom stereocenters. The molecule has 0 rings (SSSR count). The maximum atomic E-state index is 11.0. The molecule has 0 saturated heterocycles. The Balaban J connectivity index is 0. The van der Waals surface area contributed by atoms with Gasteiger partial charge in [-0.05, 0) is 26.2 Å². The molecule has 0 amide bonds. The van der Waals surface area contributed by atoms with Gasteiger partial charge in [-0.15, -0.1) is 0 Å². The predicted molar refractivity (Wildman–Crippen MR) is 63.2 cm³/mol. The minimum atomic E-state index is -4.21. The first-order valence-corrected chi connectivity index (χ1v) is 7.47. The molecule has 0 heterocycles. The average molecular weight is 290 g/mol. The molecule has 0 aromatic rings. The van der Waals surface area contributed by atoms with Gasteiger partial charge in [-0.25, -0.2) is 8.42 Å². The van der Waals surface area contributed by atoms with E-state index in [0.29, 0.717) is 12.8 Å². The fourth-order valence-corrected chi connectivity index (χ4v) is 2.54. The summed E-state index contributed by atoms with van der Waals surface area (Å²) in [4.78, 5) is 0. The maximum absolute atomic E-state index is 11.0. The number of unbranched alkanes of at least 4 members (excludes halogenated alkanes) is 3. The second kappa shape index (κ2) is 11.3. The summed E-state index contributed by atoms with van der Waals surface area (Å²) in [5.74, 6) is 0. The Hall–Kier alpha value is 1.51. The van der Waals surface area contributed by atoms with E-state index >= 15 is 0 Å². The molecule has 0 aromatic heterocycles. The van der Waals surface area contributed by atoms with Crippen molar-refractivity contribution in [1.82, 2.24) is 0 Å². The Morgan fingerprint density at radius 3 is 2.12 bits per heavy atom. The van der Waals surface area contributed by atoms with Gasteiger partial charge in [0.25, 0.3) is 0 Å². The summed E-state index contributed by atoms with van der Waals surface area (Å²) in [6.07, 6.45) is 4.44. The van der Waals surface area contributed by atoms with E-state index in [1.165, 1.54) is 0 Å². The Morgan fingerprint density at radius 2 is 1.71 bits per heavy atom. The van der Waals surface area contributed by atoms with E-state index in [4.69, 9.17) is 5.11 Å². The van der Waals surface area contributed by atoms with Crippen molar-refractivity contribution in [2.24, 2.45) is 0 Å². The Bertz CT molecular complexity index is 265. The van der Waals surface area contributed by atoms with Crippen LogP contribution in [0.1, 0.15) is 58.8 Å². The second-order valence-corrected chi connectivity index (χ2v) is 6.04. The summed E-state index contributed by atoms with van der Waals surface area (Å²) in [5, 5.41) is 8.26. The van der Waals surface area contributed by atoms with Gasteiger partial charge in [0, 0.05) is 5.25 Å². The third kappa shape index (κ3) is 12.3. The van der Waals surface area contributed by atoms with Crippen molar-refractivity contribution in [3.63, 3.8) is 0 Å². The van der Waals surface area contributed by atoms with E-state index in [1.54, 1.807) is 6.92 Å². The Morgan fingerprint density at radius 1 is 1.12 bits per heavy atom. The van der Waals surface area contributed by atoms with Crippen LogP contribution in [0.15, 0.2) is 0 Å². The number of rotatable bonds is 9. The largest absolute Gasteiger partial charge is 1.00 e. The molecule has 2 atom stereocenters. The smallest absolute Gasteiger partial charge is 0.748 e. The first-order chi connectivity index (χ1) is 7.38. The first-order valence-electron chi connectivity index (χ1n) is 6.00. The van der Waals surface area contributed by atoms with Gasteiger partial charge in [0.05, 0.1) is 16.2 Å². The minimum absolute atomic E-state index is 0. The first kappa shape index (κ1) is 20.8. The van der Waals surface area contributed by atoms with Gasteiger partial charge in [0.2, 0.25) is 0 Å². The molecule has 0 aliphatic rings. The van der Waals surface area contributed by atoms with Crippen LogP contribution in [-0.2, 0) is 10.1 Å². The topological polar surface area (TPSA) is 77.4 Å². The van der Waals surface area contributed by atoms with Crippen LogP contribution in [0.2, 0.25) is 0 Å². The van der Waals surface area contributed by atoms with Gasteiger partial charge in [0.1, 0.15) is 0 Å². The van der Waals surface area contributed by atoms with E-state index in [2.05, 4.69) is 6.92 Å². The van der Waals surface area contributed by atoms with Crippen molar-refractivity contribution >= 4 is 10.1 Å². The third-order valence-corrected chi connectivity index (χ3v) is 3.98. The van der Waals surface area contributed by atoms with E-state index in [9.17, 15) is 13.0 Å². The minimum Gasteiger partial charge on any atom is -0.748 e. The van der Waals surface area contributed by atoms with Crippen LogP contribution >= 0.6 is 0 Å². The van der Waals surface area contributed by atoms with Crippen LogP contribution in [0.3, 0.4) is 0 Å². The molecule has 0 aliphatic carbocycles.